The maximum Gasteiger partial charge on any atom is 0.330 e. The van der Waals surface area contributed by atoms with Crippen LogP contribution in [0.2, 0.25) is 0 Å². The van der Waals surface area contributed by atoms with E-state index in [0.29, 0.717) is 18.5 Å². The van der Waals surface area contributed by atoms with Gasteiger partial charge in [-0.3, -0.25) is 4.79 Å². The molecule has 4 nitrogen and oxygen atoms in total. The van der Waals surface area contributed by atoms with Gasteiger partial charge in [0, 0.05) is 24.2 Å². The van der Waals surface area contributed by atoms with Crippen molar-refractivity contribution in [2.75, 3.05) is 6.61 Å². The van der Waals surface area contributed by atoms with Crippen LogP contribution in [0.15, 0.2) is 53.5 Å². The van der Waals surface area contributed by atoms with Crippen LogP contribution in [0.5, 0.6) is 0 Å². The van der Waals surface area contributed by atoms with E-state index in [1.165, 1.54) is 6.08 Å². The summed E-state index contributed by atoms with van der Waals surface area (Å²) in [6.07, 6.45) is 4.68. The summed E-state index contributed by atoms with van der Waals surface area (Å²) in [7, 11) is 0. The third-order valence-electron chi connectivity index (χ3n) is 2.73. The molecular formula is C15H15NO3. The third-order valence-corrected chi connectivity index (χ3v) is 2.73. The maximum atomic E-state index is 12.1. The number of carbonyl (C=O) groups excluding carboxylic acids is 1. The van der Waals surface area contributed by atoms with Crippen LogP contribution in [0.1, 0.15) is 6.92 Å². The molecule has 0 atom stereocenters. The number of ether oxygens (including phenoxy) is 1. The lowest BCUT2D eigenvalue weighted by Crippen LogP contribution is -2.18. The fourth-order valence-electron chi connectivity index (χ4n) is 1.83. The van der Waals surface area contributed by atoms with Crippen LogP contribution < -0.4 is 5.56 Å². The van der Waals surface area contributed by atoms with E-state index in [4.69, 9.17) is 4.74 Å². The Morgan fingerprint density at radius 2 is 2.11 bits per heavy atom. The first-order valence-corrected chi connectivity index (χ1v) is 6.14. The van der Waals surface area contributed by atoms with Crippen molar-refractivity contribution in [3.63, 3.8) is 0 Å². The standard InChI is InChI=1S/C15H15NO3/c1-2-19-14(17)8-5-10-16-11-9-12-6-3-4-7-13(12)15(16)18/h3-9,11H,2,10H2,1H3/b8-5+. The molecule has 0 spiro atoms. The first kappa shape index (κ1) is 13.1. The Labute approximate surface area is 110 Å². The average Bonchev–Trinajstić information content (AvgIpc) is 2.42. The Hall–Kier alpha value is -2.36. The molecule has 0 amide bonds. The number of pyridine rings is 1. The molecule has 0 saturated heterocycles. The summed E-state index contributed by atoms with van der Waals surface area (Å²) in [5, 5.41) is 1.59. The molecule has 0 N–H and O–H groups in total. The molecule has 1 heterocycles. The van der Waals surface area contributed by atoms with E-state index < -0.39 is 5.97 Å². The topological polar surface area (TPSA) is 48.3 Å². The van der Waals surface area contributed by atoms with Crippen molar-refractivity contribution in [1.82, 2.24) is 4.57 Å². The second kappa shape index (κ2) is 6.00. The summed E-state index contributed by atoms with van der Waals surface area (Å²) in [6, 6.07) is 9.31. The molecule has 0 radical (unpaired) electrons. The van der Waals surface area contributed by atoms with E-state index in [1.807, 2.05) is 24.3 Å². The largest absolute Gasteiger partial charge is 0.463 e. The monoisotopic (exact) mass is 257 g/mol. The molecule has 0 aliphatic heterocycles. The Bertz CT molecular complexity index is 670. The second-order valence-electron chi connectivity index (χ2n) is 4.01. The quantitative estimate of drug-likeness (QED) is 0.622. The Balaban J connectivity index is 2.20. The van der Waals surface area contributed by atoms with Gasteiger partial charge in [0.15, 0.2) is 0 Å². The lowest BCUT2D eigenvalue weighted by atomic mass is 10.2. The van der Waals surface area contributed by atoms with Crippen LogP contribution in [-0.2, 0) is 16.1 Å². The molecule has 1 aromatic carbocycles. The minimum Gasteiger partial charge on any atom is -0.463 e. The Morgan fingerprint density at radius 3 is 2.89 bits per heavy atom. The minimum absolute atomic E-state index is 0.0633. The van der Waals surface area contributed by atoms with Gasteiger partial charge in [0.25, 0.3) is 5.56 Å². The van der Waals surface area contributed by atoms with Crippen LogP contribution in [0, 0.1) is 0 Å². The fourth-order valence-corrected chi connectivity index (χ4v) is 1.83. The Morgan fingerprint density at radius 1 is 1.32 bits per heavy atom. The molecule has 0 bridgehead atoms. The van der Waals surface area contributed by atoms with E-state index in [-0.39, 0.29) is 5.56 Å². The van der Waals surface area contributed by atoms with Gasteiger partial charge < -0.3 is 9.30 Å². The van der Waals surface area contributed by atoms with E-state index >= 15 is 0 Å². The molecule has 1 aromatic heterocycles. The number of fused-ring (bicyclic) bond motifs is 1. The molecule has 19 heavy (non-hydrogen) atoms. The number of hydrogen-bond donors (Lipinski definition) is 0. The number of benzene rings is 1. The van der Waals surface area contributed by atoms with E-state index in [2.05, 4.69) is 0 Å². The van der Waals surface area contributed by atoms with Gasteiger partial charge in [-0.15, -0.1) is 0 Å². The summed E-state index contributed by atoms with van der Waals surface area (Å²) in [5.41, 5.74) is -0.0633. The predicted octanol–water partition coefficient (Wildman–Crippen LogP) is 2.12. The Kier molecular flexibility index (Phi) is 4.13. The summed E-state index contributed by atoms with van der Waals surface area (Å²) in [5.74, 6) is -0.392. The van der Waals surface area contributed by atoms with Gasteiger partial charge in [0.1, 0.15) is 0 Å². The SMILES string of the molecule is CCOC(=O)/C=C/Cn1ccc2ccccc2c1=O. The summed E-state index contributed by atoms with van der Waals surface area (Å²) in [4.78, 5) is 23.3. The fraction of sp³-hybridized carbons (Fsp3) is 0.200. The summed E-state index contributed by atoms with van der Waals surface area (Å²) in [6.45, 7) is 2.45. The van der Waals surface area contributed by atoms with Gasteiger partial charge in [0.05, 0.1) is 6.61 Å². The predicted molar refractivity (Wildman–Crippen MR) is 74.0 cm³/mol. The second-order valence-corrected chi connectivity index (χ2v) is 4.01. The van der Waals surface area contributed by atoms with Crippen molar-refractivity contribution < 1.29 is 9.53 Å². The highest BCUT2D eigenvalue weighted by atomic mass is 16.5. The zero-order valence-corrected chi connectivity index (χ0v) is 10.7. The highest BCUT2D eigenvalue weighted by molar-refractivity contribution is 5.82. The van der Waals surface area contributed by atoms with Crippen LogP contribution in [0.3, 0.4) is 0 Å². The molecule has 2 aromatic rings. The normalized spacial score (nSPS) is 11.0. The number of aromatic nitrogens is 1. The summed E-state index contributed by atoms with van der Waals surface area (Å²) < 4.78 is 6.32. The highest BCUT2D eigenvalue weighted by Gasteiger charge is 2.00. The summed E-state index contributed by atoms with van der Waals surface area (Å²) >= 11 is 0. The third kappa shape index (κ3) is 3.10. The van der Waals surface area contributed by atoms with Gasteiger partial charge in [-0.2, -0.15) is 0 Å². The number of rotatable bonds is 4. The first-order chi connectivity index (χ1) is 9.22. The van der Waals surface area contributed by atoms with E-state index in [1.54, 1.807) is 29.8 Å². The lowest BCUT2D eigenvalue weighted by Gasteiger charge is -2.04. The van der Waals surface area contributed by atoms with E-state index in [9.17, 15) is 9.59 Å². The van der Waals surface area contributed by atoms with Crippen molar-refractivity contribution in [2.24, 2.45) is 0 Å². The van der Waals surface area contributed by atoms with Gasteiger partial charge in [0.2, 0.25) is 0 Å². The molecule has 0 aliphatic rings. The van der Waals surface area contributed by atoms with Gasteiger partial charge >= 0.3 is 5.97 Å². The molecule has 0 saturated carbocycles. The molecule has 98 valence electrons. The maximum absolute atomic E-state index is 12.1. The zero-order chi connectivity index (χ0) is 13.7. The molecular weight excluding hydrogens is 242 g/mol. The number of carbonyl (C=O) groups is 1. The molecule has 0 fully saturated rings. The lowest BCUT2D eigenvalue weighted by molar-refractivity contribution is -0.137. The van der Waals surface area contributed by atoms with Crippen molar-refractivity contribution in [3.8, 4) is 0 Å². The van der Waals surface area contributed by atoms with Crippen molar-refractivity contribution in [1.29, 1.82) is 0 Å². The molecule has 2 rings (SSSR count). The van der Waals surface area contributed by atoms with Gasteiger partial charge in [-0.25, -0.2) is 4.79 Å². The number of hydrogen-bond acceptors (Lipinski definition) is 3. The van der Waals surface area contributed by atoms with Crippen LogP contribution in [-0.4, -0.2) is 17.1 Å². The average molecular weight is 257 g/mol. The van der Waals surface area contributed by atoms with Crippen LogP contribution in [0.25, 0.3) is 10.8 Å². The molecule has 4 heteroatoms. The van der Waals surface area contributed by atoms with Crippen LogP contribution >= 0.6 is 0 Å². The number of esters is 1. The van der Waals surface area contributed by atoms with E-state index in [0.717, 1.165) is 5.39 Å². The van der Waals surface area contributed by atoms with Gasteiger partial charge in [-0.1, -0.05) is 24.3 Å². The smallest absolute Gasteiger partial charge is 0.330 e. The number of allylic oxidation sites excluding steroid dienone is 1. The first-order valence-electron chi connectivity index (χ1n) is 6.14. The van der Waals surface area contributed by atoms with Crippen molar-refractivity contribution in [3.05, 3.63) is 59.0 Å². The minimum atomic E-state index is -0.392. The molecule has 0 aliphatic carbocycles. The number of nitrogens with zero attached hydrogens (tertiary/aromatic N) is 1. The molecule has 0 unspecified atom stereocenters. The highest BCUT2D eigenvalue weighted by Crippen LogP contribution is 2.07. The van der Waals surface area contributed by atoms with Gasteiger partial charge in [-0.05, 0) is 24.4 Å². The van der Waals surface area contributed by atoms with Crippen LogP contribution in [0.4, 0.5) is 0 Å². The van der Waals surface area contributed by atoms with Crippen molar-refractivity contribution >= 4 is 16.7 Å². The zero-order valence-electron chi connectivity index (χ0n) is 10.7. The van der Waals surface area contributed by atoms with Crippen molar-refractivity contribution in [2.45, 2.75) is 13.5 Å².